The van der Waals surface area contributed by atoms with Crippen molar-refractivity contribution in [1.29, 1.82) is 0 Å². The van der Waals surface area contributed by atoms with Gasteiger partial charge in [-0.3, -0.25) is 9.48 Å². The molecular formula is C16H23ClN4O. The SMILES string of the molecule is Cc1nn(Cc2ccccc2)c(C)c1CNC(=O)C(C)N.Cl. The number of nitrogens with zero attached hydrogens (tertiary/aromatic N) is 2. The van der Waals surface area contributed by atoms with E-state index in [2.05, 4.69) is 22.5 Å². The van der Waals surface area contributed by atoms with Crippen LogP contribution in [0.15, 0.2) is 30.3 Å². The van der Waals surface area contributed by atoms with Crippen molar-refractivity contribution in [3.8, 4) is 0 Å². The van der Waals surface area contributed by atoms with E-state index in [9.17, 15) is 4.79 Å². The summed E-state index contributed by atoms with van der Waals surface area (Å²) in [6.07, 6.45) is 0. The number of aryl methyl sites for hydroxylation is 1. The number of rotatable bonds is 5. The maximum Gasteiger partial charge on any atom is 0.236 e. The van der Waals surface area contributed by atoms with Crippen LogP contribution < -0.4 is 11.1 Å². The molecule has 0 bridgehead atoms. The number of nitrogens with two attached hydrogens (primary N) is 1. The Labute approximate surface area is 137 Å². The van der Waals surface area contributed by atoms with Crippen LogP contribution in [-0.4, -0.2) is 21.7 Å². The molecule has 1 aromatic heterocycles. The zero-order chi connectivity index (χ0) is 15.4. The van der Waals surface area contributed by atoms with Crippen LogP contribution in [0.1, 0.15) is 29.4 Å². The second kappa shape index (κ2) is 7.96. The average Bonchev–Trinajstić information content (AvgIpc) is 2.72. The van der Waals surface area contributed by atoms with Crippen molar-refractivity contribution in [1.82, 2.24) is 15.1 Å². The number of hydrogen-bond acceptors (Lipinski definition) is 3. The van der Waals surface area contributed by atoms with E-state index in [1.54, 1.807) is 6.92 Å². The molecule has 5 nitrogen and oxygen atoms in total. The third-order valence-electron chi connectivity index (χ3n) is 3.56. The Kier molecular flexibility index (Phi) is 6.59. The highest BCUT2D eigenvalue weighted by Crippen LogP contribution is 2.14. The summed E-state index contributed by atoms with van der Waals surface area (Å²) in [5.41, 5.74) is 9.82. The Bertz CT molecular complexity index is 623. The second-order valence-corrected chi connectivity index (χ2v) is 5.30. The van der Waals surface area contributed by atoms with Gasteiger partial charge >= 0.3 is 0 Å². The third-order valence-corrected chi connectivity index (χ3v) is 3.56. The van der Waals surface area contributed by atoms with Gasteiger partial charge in [0.1, 0.15) is 0 Å². The van der Waals surface area contributed by atoms with Gasteiger partial charge in [0.05, 0.1) is 18.3 Å². The number of halogens is 1. The van der Waals surface area contributed by atoms with Gasteiger partial charge in [0.2, 0.25) is 5.91 Å². The largest absolute Gasteiger partial charge is 0.351 e. The first-order valence-corrected chi connectivity index (χ1v) is 7.09. The topological polar surface area (TPSA) is 72.9 Å². The lowest BCUT2D eigenvalue weighted by Gasteiger charge is -2.09. The highest BCUT2D eigenvalue weighted by atomic mass is 35.5. The minimum Gasteiger partial charge on any atom is -0.351 e. The van der Waals surface area contributed by atoms with E-state index in [0.717, 1.165) is 23.5 Å². The molecule has 1 unspecified atom stereocenters. The molecule has 6 heteroatoms. The monoisotopic (exact) mass is 322 g/mol. The Hall–Kier alpha value is -1.85. The minimum atomic E-state index is -0.495. The lowest BCUT2D eigenvalue weighted by Crippen LogP contribution is -2.38. The lowest BCUT2D eigenvalue weighted by molar-refractivity contribution is -0.122. The van der Waals surface area contributed by atoms with Gasteiger partial charge in [-0.05, 0) is 26.3 Å². The second-order valence-electron chi connectivity index (χ2n) is 5.30. The normalized spacial score (nSPS) is 11.6. The standard InChI is InChI=1S/C16H22N4O.ClH/c1-11(17)16(21)18-9-15-12(2)19-20(13(15)3)10-14-7-5-4-6-8-14;/h4-8,11H,9-10,17H2,1-3H3,(H,18,21);1H. The average molecular weight is 323 g/mol. The van der Waals surface area contributed by atoms with E-state index in [0.29, 0.717) is 6.54 Å². The maximum absolute atomic E-state index is 11.6. The number of aromatic nitrogens is 2. The molecule has 0 radical (unpaired) electrons. The fourth-order valence-corrected chi connectivity index (χ4v) is 2.24. The predicted octanol–water partition coefficient (Wildman–Crippen LogP) is 1.93. The van der Waals surface area contributed by atoms with Crippen LogP contribution in [0.3, 0.4) is 0 Å². The molecule has 0 aliphatic rings. The molecule has 2 rings (SSSR count). The number of amides is 1. The molecule has 0 aliphatic heterocycles. The van der Waals surface area contributed by atoms with Gasteiger partial charge in [-0.1, -0.05) is 30.3 Å². The molecule has 0 fully saturated rings. The fourth-order valence-electron chi connectivity index (χ4n) is 2.24. The van der Waals surface area contributed by atoms with Crippen LogP contribution in [0.4, 0.5) is 0 Å². The van der Waals surface area contributed by atoms with Gasteiger partial charge in [-0.25, -0.2) is 0 Å². The number of carbonyl (C=O) groups is 1. The molecule has 1 heterocycles. The van der Waals surface area contributed by atoms with Gasteiger partial charge in [0, 0.05) is 17.8 Å². The number of hydrogen-bond donors (Lipinski definition) is 2. The summed E-state index contributed by atoms with van der Waals surface area (Å²) in [4.78, 5) is 11.6. The van der Waals surface area contributed by atoms with E-state index in [1.807, 2.05) is 36.7 Å². The van der Waals surface area contributed by atoms with Crippen LogP contribution >= 0.6 is 12.4 Å². The fraction of sp³-hybridized carbons (Fsp3) is 0.375. The van der Waals surface area contributed by atoms with E-state index in [1.165, 1.54) is 5.56 Å². The van der Waals surface area contributed by atoms with Gasteiger partial charge in [0.15, 0.2) is 0 Å². The number of carbonyl (C=O) groups excluding carboxylic acids is 1. The van der Waals surface area contributed by atoms with Crippen LogP contribution in [-0.2, 0) is 17.9 Å². The summed E-state index contributed by atoms with van der Waals surface area (Å²) < 4.78 is 1.97. The van der Waals surface area contributed by atoms with E-state index in [4.69, 9.17) is 5.73 Å². The summed E-state index contributed by atoms with van der Waals surface area (Å²) in [6.45, 7) is 6.85. The highest BCUT2D eigenvalue weighted by Gasteiger charge is 2.14. The maximum atomic E-state index is 11.6. The van der Waals surface area contributed by atoms with Crippen LogP contribution in [0.5, 0.6) is 0 Å². The lowest BCUT2D eigenvalue weighted by atomic mass is 10.2. The zero-order valence-corrected chi connectivity index (χ0v) is 14.0. The van der Waals surface area contributed by atoms with Crippen molar-refractivity contribution in [2.45, 2.75) is 39.9 Å². The van der Waals surface area contributed by atoms with E-state index in [-0.39, 0.29) is 18.3 Å². The molecular weight excluding hydrogens is 300 g/mol. The smallest absolute Gasteiger partial charge is 0.236 e. The van der Waals surface area contributed by atoms with Gasteiger partial charge in [-0.2, -0.15) is 5.10 Å². The molecule has 0 aliphatic carbocycles. The molecule has 1 aromatic carbocycles. The number of benzene rings is 1. The van der Waals surface area contributed by atoms with Crippen molar-refractivity contribution < 1.29 is 4.79 Å². The molecule has 22 heavy (non-hydrogen) atoms. The van der Waals surface area contributed by atoms with Crippen molar-refractivity contribution in [3.05, 3.63) is 52.8 Å². The van der Waals surface area contributed by atoms with Crippen LogP contribution in [0, 0.1) is 13.8 Å². The number of nitrogens with one attached hydrogen (secondary N) is 1. The highest BCUT2D eigenvalue weighted by molar-refractivity contribution is 5.85. The summed E-state index contributed by atoms with van der Waals surface area (Å²) in [5.74, 6) is -0.149. The molecule has 3 N–H and O–H groups in total. The van der Waals surface area contributed by atoms with Gasteiger partial charge in [0.25, 0.3) is 0 Å². The molecule has 120 valence electrons. The summed E-state index contributed by atoms with van der Waals surface area (Å²) in [7, 11) is 0. The Balaban J connectivity index is 0.00000242. The molecule has 0 saturated carbocycles. The van der Waals surface area contributed by atoms with Crippen molar-refractivity contribution >= 4 is 18.3 Å². The van der Waals surface area contributed by atoms with Crippen molar-refractivity contribution in [2.75, 3.05) is 0 Å². The van der Waals surface area contributed by atoms with Crippen molar-refractivity contribution in [2.24, 2.45) is 5.73 Å². The van der Waals surface area contributed by atoms with Crippen molar-refractivity contribution in [3.63, 3.8) is 0 Å². The Morgan fingerprint density at radius 2 is 1.95 bits per heavy atom. The summed E-state index contributed by atoms with van der Waals surface area (Å²) >= 11 is 0. The van der Waals surface area contributed by atoms with Gasteiger partial charge in [-0.15, -0.1) is 12.4 Å². The molecule has 1 atom stereocenters. The Morgan fingerprint density at radius 1 is 1.32 bits per heavy atom. The summed E-state index contributed by atoms with van der Waals surface area (Å²) in [5, 5.41) is 7.40. The quantitative estimate of drug-likeness (QED) is 0.883. The zero-order valence-electron chi connectivity index (χ0n) is 13.2. The molecule has 1 amide bonds. The first-order chi connectivity index (χ1) is 9.99. The first-order valence-electron chi connectivity index (χ1n) is 7.09. The van der Waals surface area contributed by atoms with Gasteiger partial charge < -0.3 is 11.1 Å². The predicted molar refractivity (Wildman–Crippen MR) is 90.0 cm³/mol. The van der Waals surface area contributed by atoms with E-state index >= 15 is 0 Å². The molecule has 0 spiro atoms. The minimum absolute atomic E-state index is 0. The molecule has 2 aromatic rings. The first kappa shape index (κ1) is 18.2. The van der Waals surface area contributed by atoms with Crippen LogP contribution in [0.2, 0.25) is 0 Å². The van der Waals surface area contributed by atoms with E-state index < -0.39 is 6.04 Å². The third kappa shape index (κ3) is 4.32. The Morgan fingerprint density at radius 3 is 2.55 bits per heavy atom. The van der Waals surface area contributed by atoms with Crippen LogP contribution in [0.25, 0.3) is 0 Å². The summed E-state index contributed by atoms with van der Waals surface area (Å²) in [6, 6.07) is 9.70. The molecule has 0 saturated heterocycles.